The third kappa shape index (κ3) is 4.42. The number of pyridine rings is 1. The lowest BCUT2D eigenvalue weighted by molar-refractivity contribution is 0.412. The van der Waals surface area contributed by atoms with Gasteiger partial charge in [0.15, 0.2) is 0 Å². The molecule has 0 unspecified atom stereocenters. The van der Waals surface area contributed by atoms with Crippen LogP contribution in [0.2, 0.25) is 0 Å². The molecule has 1 aromatic rings. The van der Waals surface area contributed by atoms with Crippen LogP contribution in [0, 0.1) is 13.8 Å². The first-order valence-corrected chi connectivity index (χ1v) is 7.45. The summed E-state index contributed by atoms with van der Waals surface area (Å²) in [5.74, 6) is 0.929. The Morgan fingerprint density at radius 1 is 1.25 bits per heavy atom. The maximum atomic E-state index is 5.91. The number of nitrogens with two attached hydrogens (primary N) is 1. The van der Waals surface area contributed by atoms with E-state index in [1.54, 1.807) is 0 Å². The van der Waals surface area contributed by atoms with Crippen molar-refractivity contribution < 1.29 is 0 Å². The van der Waals surface area contributed by atoms with Crippen LogP contribution >= 0.6 is 12.2 Å². The molecule has 0 aliphatic heterocycles. The summed E-state index contributed by atoms with van der Waals surface area (Å²) < 4.78 is 0. The second-order valence-electron chi connectivity index (χ2n) is 5.43. The number of aryl methyl sites for hydroxylation is 2. The molecule has 0 aromatic carbocycles. The zero-order chi connectivity index (χ0) is 15.3. The van der Waals surface area contributed by atoms with Gasteiger partial charge in [0.1, 0.15) is 10.8 Å². The number of rotatable bonds is 7. The zero-order valence-corrected chi connectivity index (χ0v) is 14.0. The molecule has 0 amide bonds. The smallest absolute Gasteiger partial charge is 0.139 e. The Balaban J connectivity index is 3.20. The van der Waals surface area contributed by atoms with Gasteiger partial charge in [-0.05, 0) is 46.0 Å². The molecule has 0 saturated carbocycles. The number of thiocarbonyl (C=S) groups is 1. The first-order chi connectivity index (χ1) is 9.36. The largest absolute Gasteiger partial charge is 0.389 e. The van der Waals surface area contributed by atoms with Crippen molar-refractivity contribution in [2.45, 2.75) is 27.2 Å². The molecule has 1 heterocycles. The van der Waals surface area contributed by atoms with Crippen LogP contribution in [0.1, 0.15) is 30.2 Å². The lowest BCUT2D eigenvalue weighted by Gasteiger charge is -2.28. The van der Waals surface area contributed by atoms with Gasteiger partial charge in [-0.25, -0.2) is 4.98 Å². The van der Waals surface area contributed by atoms with Gasteiger partial charge in [0.25, 0.3) is 0 Å². The molecule has 2 N–H and O–H groups in total. The highest BCUT2D eigenvalue weighted by Crippen LogP contribution is 2.23. The van der Waals surface area contributed by atoms with Crippen LogP contribution < -0.4 is 10.6 Å². The van der Waals surface area contributed by atoms with Crippen molar-refractivity contribution in [3.05, 3.63) is 22.9 Å². The van der Waals surface area contributed by atoms with E-state index < -0.39 is 0 Å². The molecule has 20 heavy (non-hydrogen) atoms. The van der Waals surface area contributed by atoms with E-state index in [0.29, 0.717) is 4.99 Å². The predicted molar refractivity (Wildman–Crippen MR) is 90.7 cm³/mol. The maximum absolute atomic E-state index is 5.91. The highest BCUT2D eigenvalue weighted by atomic mass is 32.1. The van der Waals surface area contributed by atoms with Gasteiger partial charge >= 0.3 is 0 Å². The Morgan fingerprint density at radius 2 is 1.90 bits per heavy atom. The molecule has 1 aromatic heterocycles. The van der Waals surface area contributed by atoms with Crippen LogP contribution in [0.4, 0.5) is 5.82 Å². The summed E-state index contributed by atoms with van der Waals surface area (Å²) in [6, 6.07) is 2.04. The fraction of sp³-hybridized carbons (Fsp3) is 0.600. The summed E-state index contributed by atoms with van der Waals surface area (Å²) in [5.41, 5.74) is 8.93. The van der Waals surface area contributed by atoms with Gasteiger partial charge in [-0.3, -0.25) is 0 Å². The van der Waals surface area contributed by atoms with Crippen molar-refractivity contribution >= 4 is 23.0 Å². The van der Waals surface area contributed by atoms with Gasteiger partial charge in [0, 0.05) is 25.3 Å². The molecule has 0 radical (unpaired) electrons. The minimum absolute atomic E-state index is 0.427. The number of likely N-dealkylation sites (N-methyl/N-ethyl adjacent to an activating group) is 1. The Labute approximate surface area is 128 Å². The average molecular weight is 294 g/mol. The quantitative estimate of drug-likeness (QED) is 0.780. The van der Waals surface area contributed by atoms with E-state index in [-0.39, 0.29) is 0 Å². The number of aromatic nitrogens is 1. The minimum Gasteiger partial charge on any atom is -0.389 e. The van der Waals surface area contributed by atoms with Gasteiger partial charge < -0.3 is 15.5 Å². The van der Waals surface area contributed by atoms with Crippen molar-refractivity contribution in [2.75, 3.05) is 38.6 Å². The third-order valence-electron chi connectivity index (χ3n) is 3.18. The zero-order valence-electron chi connectivity index (χ0n) is 13.2. The molecular formula is C15H26N4S. The highest BCUT2D eigenvalue weighted by Gasteiger charge is 2.17. The third-order valence-corrected chi connectivity index (χ3v) is 3.39. The molecule has 0 aliphatic carbocycles. The highest BCUT2D eigenvalue weighted by molar-refractivity contribution is 7.80. The summed E-state index contributed by atoms with van der Waals surface area (Å²) in [5, 5.41) is 0. The number of nitrogens with zero attached hydrogens (tertiary/aromatic N) is 3. The van der Waals surface area contributed by atoms with Crippen LogP contribution in [-0.4, -0.2) is 48.6 Å². The minimum atomic E-state index is 0.427. The monoisotopic (exact) mass is 294 g/mol. The van der Waals surface area contributed by atoms with Crippen molar-refractivity contribution in [1.29, 1.82) is 0 Å². The summed E-state index contributed by atoms with van der Waals surface area (Å²) >= 11 is 5.22. The van der Waals surface area contributed by atoms with Crippen LogP contribution in [0.3, 0.4) is 0 Å². The average Bonchev–Trinajstić information content (AvgIpc) is 2.32. The summed E-state index contributed by atoms with van der Waals surface area (Å²) in [4.78, 5) is 9.58. The molecule has 0 aliphatic rings. The summed E-state index contributed by atoms with van der Waals surface area (Å²) in [7, 11) is 4.15. The molecule has 112 valence electrons. The molecular weight excluding hydrogens is 268 g/mol. The molecule has 0 fully saturated rings. The maximum Gasteiger partial charge on any atom is 0.139 e. The fourth-order valence-electron chi connectivity index (χ4n) is 2.26. The van der Waals surface area contributed by atoms with Gasteiger partial charge in [-0.2, -0.15) is 0 Å². The van der Waals surface area contributed by atoms with Gasteiger partial charge in [-0.1, -0.05) is 19.1 Å². The van der Waals surface area contributed by atoms with Crippen LogP contribution in [0.25, 0.3) is 0 Å². The lowest BCUT2D eigenvalue weighted by atomic mass is 10.1. The standard InChI is InChI=1S/C15H26N4S/c1-6-7-19(9-8-18(4)5)15-13(14(16)20)11(2)10-12(3)17-15/h10H,6-9H2,1-5H3,(H2,16,20). The predicted octanol–water partition coefficient (Wildman–Crippen LogP) is 2.11. The second kappa shape index (κ2) is 7.55. The topological polar surface area (TPSA) is 45.4 Å². The van der Waals surface area contributed by atoms with E-state index >= 15 is 0 Å². The summed E-state index contributed by atoms with van der Waals surface area (Å²) in [6.45, 7) is 9.08. The van der Waals surface area contributed by atoms with Gasteiger partial charge in [0.05, 0.1) is 5.56 Å². The Morgan fingerprint density at radius 3 is 2.40 bits per heavy atom. The Bertz CT molecular complexity index is 471. The van der Waals surface area contributed by atoms with Crippen molar-refractivity contribution in [2.24, 2.45) is 5.73 Å². The number of anilines is 1. The van der Waals surface area contributed by atoms with Crippen molar-refractivity contribution in [3.8, 4) is 0 Å². The van der Waals surface area contributed by atoms with Gasteiger partial charge in [-0.15, -0.1) is 0 Å². The lowest BCUT2D eigenvalue weighted by Crippen LogP contribution is -2.35. The fourth-order valence-corrected chi connectivity index (χ4v) is 2.52. The molecule has 5 heteroatoms. The van der Waals surface area contributed by atoms with Crippen molar-refractivity contribution in [3.63, 3.8) is 0 Å². The van der Waals surface area contributed by atoms with Crippen LogP contribution in [0.15, 0.2) is 6.07 Å². The molecule has 0 spiro atoms. The van der Waals surface area contributed by atoms with E-state index in [0.717, 1.165) is 48.7 Å². The van der Waals surface area contributed by atoms with Crippen LogP contribution in [-0.2, 0) is 0 Å². The van der Waals surface area contributed by atoms with E-state index in [4.69, 9.17) is 22.9 Å². The number of hydrogen-bond donors (Lipinski definition) is 1. The molecule has 0 saturated heterocycles. The SMILES string of the molecule is CCCN(CCN(C)C)c1nc(C)cc(C)c1C(N)=S. The van der Waals surface area contributed by atoms with Gasteiger partial charge in [0.2, 0.25) is 0 Å². The van der Waals surface area contributed by atoms with Crippen molar-refractivity contribution in [1.82, 2.24) is 9.88 Å². The first kappa shape index (κ1) is 16.9. The molecule has 0 atom stereocenters. The second-order valence-corrected chi connectivity index (χ2v) is 5.87. The Kier molecular flexibility index (Phi) is 6.36. The molecule has 0 bridgehead atoms. The summed E-state index contributed by atoms with van der Waals surface area (Å²) in [6.07, 6.45) is 1.07. The van der Waals surface area contributed by atoms with E-state index in [1.807, 2.05) is 19.9 Å². The normalized spacial score (nSPS) is 10.9. The number of hydrogen-bond acceptors (Lipinski definition) is 4. The van der Waals surface area contributed by atoms with E-state index in [2.05, 4.69) is 30.8 Å². The Hall–Kier alpha value is -1.20. The van der Waals surface area contributed by atoms with Crippen LogP contribution in [0.5, 0.6) is 0 Å². The van der Waals surface area contributed by atoms with E-state index in [1.165, 1.54) is 0 Å². The first-order valence-electron chi connectivity index (χ1n) is 7.04. The molecule has 4 nitrogen and oxygen atoms in total. The molecule has 1 rings (SSSR count). The van der Waals surface area contributed by atoms with E-state index in [9.17, 15) is 0 Å².